The van der Waals surface area contributed by atoms with Gasteiger partial charge in [0.25, 0.3) is 0 Å². The number of oxime groups is 1. The smallest absolute Gasteiger partial charge is 0.422 e. The van der Waals surface area contributed by atoms with Crippen molar-refractivity contribution in [3.8, 4) is 5.75 Å². The molecule has 0 aliphatic carbocycles. The predicted octanol–water partition coefficient (Wildman–Crippen LogP) is 2.38. The largest absolute Gasteiger partial charge is 0.483 e. The van der Waals surface area contributed by atoms with Crippen molar-refractivity contribution in [2.75, 3.05) is 6.61 Å². The number of amidine groups is 1. The summed E-state index contributed by atoms with van der Waals surface area (Å²) in [6.45, 7) is -1.49. The van der Waals surface area contributed by atoms with E-state index in [1.807, 2.05) is 0 Å². The number of nitrogens with zero attached hydrogens (tertiary/aromatic N) is 1. The normalized spacial score (nSPS) is 12.6. The number of halogens is 4. The Morgan fingerprint density at radius 3 is 2.65 bits per heavy atom. The number of benzene rings is 1. The third kappa shape index (κ3) is 3.70. The van der Waals surface area contributed by atoms with Crippen molar-refractivity contribution in [3.63, 3.8) is 0 Å². The van der Waals surface area contributed by atoms with Gasteiger partial charge in [-0.15, -0.1) is 0 Å². The van der Waals surface area contributed by atoms with Crippen molar-refractivity contribution in [2.24, 2.45) is 10.9 Å². The molecule has 1 aromatic rings. The summed E-state index contributed by atoms with van der Waals surface area (Å²) < 4.78 is 40.5. The summed E-state index contributed by atoms with van der Waals surface area (Å²) in [5.74, 6) is -0.627. The summed E-state index contributed by atoms with van der Waals surface area (Å²) >= 11 is 5.72. The minimum absolute atomic E-state index is 0.0278. The first kappa shape index (κ1) is 13.4. The second-order valence-corrected chi connectivity index (χ2v) is 3.41. The maximum absolute atomic E-state index is 12.0. The predicted molar refractivity (Wildman–Crippen MR) is 55.5 cm³/mol. The number of nitrogens with two attached hydrogens (primary N) is 1. The van der Waals surface area contributed by atoms with E-state index in [9.17, 15) is 13.2 Å². The summed E-state index contributed by atoms with van der Waals surface area (Å²) in [6, 6.07) is 4.02. The fourth-order valence-electron chi connectivity index (χ4n) is 1.08. The van der Waals surface area contributed by atoms with Crippen LogP contribution in [0.15, 0.2) is 23.4 Å². The van der Waals surface area contributed by atoms with Crippen molar-refractivity contribution < 1.29 is 23.1 Å². The molecule has 0 unspecified atom stereocenters. The molecule has 0 radical (unpaired) electrons. The van der Waals surface area contributed by atoms with Crippen LogP contribution in [0, 0.1) is 0 Å². The van der Waals surface area contributed by atoms with Gasteiger partial charge in [0, 0.05) is 0 Å². The van der Waals surface area contributed by atoms with Crippen molar-refractivity contribution in [3.05, 3.63) is 28.8 Å². The molecule has 0 aromatic heterocycles. The highest BCUT2D eigenvalue weighted by atomic mass is 35.5. The van der Waals surface area contributed by atoms with Crippen molar-refractivity contribution >= 4 is 17.4 Å². The second kappa shape index (κ2) is 5.13. The Labute approximate surface area is 99.4 Å². The zero-order valence-corrected chi connectivity index (χ0v) is 9.09. The standard InChI is InChI=1S/C9H8ClF3N2O2/c10-5-2-1-3-6(7(5)8(14)15-16)17-4-9(11,12)13/h1-3,16H,4H2,(H2,14,15). The zero-order chi connectivity index (χ0) is 13.1. The summed E-state index contributed by atoms with van der Waals surface area (Å²) in [4.78, 5) is 0. The van der Waals surface area contributed by atoms with Crippen LogP contribution in [0.25, 0.3) is 0 Å². The number of rotatable bonds is 3. The van der Waals surface area contributed by atoms with E-state index < -0.39 is 18.6 Å². The van der Waals surface area contributed by atoms with Crippen LogP contribution >= 0.6 is 11.6 Å². The Balaban J connectivity index is 3.03. The van der Waals surface area contributed by atoms with Gasteiger partial charge >= 0.3 is 6.18 Å². The quantitative estimate of drug-likeness (QED) is 0.383. The van der Waals surface area contributed by atoms with Crippen LogP contribution in [-0.2, 0) is 0 Å². The molecule has 0 bridgehead atoms. The fraction of sp³-hybridized carbons (Fsp3) is 0.222. The third-order valence-corrected chi connectivity index (χ3v) is 2.05. The summed E-state index contributed by atoms with van der Waals surface area (Å²) in [5, 5.41) is 11.2. The molecule has 3 N–H and O–H groups in total. The minimum Gasteiger partial charge on any atom is -0.483 e. The first-order valence-electron chi connectivity index (χ1n) is 4.31. The van der Waals surface area contributed by atoms with Gasteiger partial charge in [0.05, 0.1) is 10.6 Å². The van der Waals surface area contributed by atoms with E-state index in [4.69, 9.17) is 22.5 Å². The Morgan fingerprint density at radius 1 is 1.47 bits per heavy atom. The van der Waals surface area contributed by atoms with Crippen LogP contribution in [0.1, 0.15) is 5.56 Å². The highest BCUT2D eigenvalue weighted by Gasteiger charge is 2.29. The summed E-state index contributed by atoms with van der Waals surface area (Å²) in [7, 11) is 0. The lowest BCUT2D eigenvalue weighted by molar-refractivity contribution is -0.153. The maximum atomic E-state index is 12.0. The SMILES string of the molecule is NC(=NO)c1c(Cl)cccc1OCC(F)(F)F. The lowest BCUT2D eigenvalue weighted by Gasteiger charge is -2.13. The molecule has 8 heteroatoms. The maximum Gasteiger partial charge on any atom is 0.422 e. The molecule has 0 heterocycles. The molecule has 0 saturated heterocycles. The molecular weight excluding hydrogens is 261 g/mol. The van der Waals surface area contributed by atoms with Gasteiger partial charge in [-0.1, -0.05) is 22.8 Å². The number of hydrogen-bond acceptors (Lipinski definition) is 3. The summed E-state index contributed by atoms with van der Waals surface area (Å²) in [6.07, 6.45) is -4.48. The van der Waals surface area contributed by atoms with Crippen LogP contribution in [0.5, 0.6) is 5.75 Å². The van der Waals surface area contributed by atoms with E-state index in [2.05, 4.69) is 9.89 Å². The molecule has 0 aliphatic rings. The average molecular weight is 269 g/mol. The molecule has 4 nitrogen and oxygen atoms in total. The molecule has 1 rings (SSSR count). The van der Waals surface area contributed by atoms with E-state index in [0.717, 1.165) is 0 Å². The lowest BCUT2D eigenvalue weighted by Crippen LogP contribution is -2.22. The Morgan fingerprint density at radius 2 is 2.12 bits per heavy atom. The van der Waals surface area contributed by atoms with Gasteiger partial charge in [-0.05, 0) is 12.1 Å². The van der Waals surface area contributed by atoms with E-state index in [-0.39, 0.29) is 16.3 Å². The average Bonchev–Trinajstić information content (AvgIpc) is 2.24. The first-order chi connectivity index (χ1) is 7.85. The molecule has 1 aromatic carbocycles. The Kier molecular flexibility index (Phi) is 4.06. The fourth-order valence-corrected chi connectivity index (χ4v) is 1.35. The monoisotopic (exact) mass is 268 g/mol. The number of hydrogen-bond donors (Lipinski definition) is 2. The van der Waals surface area contributed by atoms with Crippen LogP contribution in [0.3, 0.4) is 0 Å². The molecule has 94 valence electrons. The van der Waals surface area contributed by atoms with Crippen LogP contribution < -0.4 is 10.5 Å². The molecule has 0 atom stereocenters. The van der Waals surface area contributed by atoms with Crippen molar-refractivity contribution in [1.29, 1.82) is 0 Å². The lowest BCUT2D eigenvalue weighted by atomic mass is 10.2. The Bertz CT molecular complexity index is 435. The molecule has 0 aliphatic heterocycles. The van der Waals surface area contributed by atoms with Crippen molar-refractivity contribution in [2.45, 2.75) is 6.18 Å². The Hall–Kier alpha value is -1.63. The van der Waals surface area contributed by atoms with E-state index >= 15 is 0 Å². The first-order valence-corrected chi connectivity index (χ1v) is 4.69. The van der Waals surface area contributed by atoms with E-state index in [1.165, 1.54) is 18.2 Å². The van der Waals surface area contributed by atoms with Crippen LogP contribution in [-0.4, -0.2) is 23.8 Å². The van der Waals surface area contributed by atoms with Gasteiger partial charge in [0.2, 0.25) is 0 Å². The molecule has 17 heavy (non-hydrogen) atoms. The molecular formula is C9H8ClF3N2O2. The van der Waals surface area contributed by atoms with Gasteiger partial charge in [-0.3, -0.25) is 0 Å². The molecule has 0 spiro atoms. The van der Waals surface area contributed by atoms with Crippen LogP contribution in [0.2, 0.25) is 5.02 Å². The third-order valence-electron chi connectivity index (χ3n) is 1.73. The summed E-state index contributed by atoms with van der Waals surface area (Å²) in [5.41, 5.74) is 5.21. The van der Waals surface area contributed by atoms with Gasteiger partial charge < -0.3 is 15.7 Å². The second-order valence-electron chi connectivity index (χ2n) is 3.00. The van der Waals surface area contributed by atoms with Crippen LogP contribution in [0.4, 0.5) is 13.2 Å². The molecule has 0 amide bonds. The van der Waals surface area contributed by atoms with E-state index in [1.54, 1.807) is 0 Å². The van der Waals surface area contributed by atoms with Gasteiger partial charge in [-0.25, -0.2) is 0 Å². The molecule has 0 saturated carbocycles. The topological polar surface area (TPSA) is 67.8 Å². The van der Waals surface area contributed by atoms with E-state index in [0.29, 0.717) is 0 Å². The highest BCUT2D eigenvalue weighted by Crippen LogP contribution is 2.27. The van der Waals surface area contributed by atoms with Crippen molar-refractivity contribution in [1.82, 2.24) is 0 Å². The number of alkyl halides is 3. The van der Waals surface area contributed by atoms with Gasteiger partial charge in [0.15, 0.2) is 12.4 Å². The highest BCUT2D eigenvalue weighted by molar-refractivity contribution is 6.34. The zero-order valence-electron chi connectivity index (χ0n) is 8.33. The van der Waals surface area contributed by atoms with Gasteiger partial charge in [0.1, 0.15) is 5.75 Å². The number of ether oxygens (including phenoxy) is 1. The molecule has 0 fully saturated rings. The minimum atomic E-state index is -4.48. The van der Waals surface area contributed by atoms with Gasteiger partial charge in [-0.2, -0.15) is 13.2 Å².